The van der Waals surface area contributed by atoms with E-state index < -0.39 is 0 Å². The highest BCUT2D eigenvalue weighted by Gasteiger charge is 2.32. The van der Waals surface area contributed by atoms with Crippen LogP contribution in [0, 0.1) is 0 Å². The number of carbonyl (C=O) groups is 1. The summed E-state index contributed by atoms with van der Waals surface area (Å²) in [6.07, 6.45) is 2.75. The Morgan fingerprint density at radius 1 is 1.18 bits per heavy atom. The van der Waals surface area contributed by atoms with E-state index in [0.29, 0.717) is 6.54 Å². The van der Waals surface area contributed by atoms with Crippen molar-refractivity contribution in [1.29, 1.82) is 0 Å². The number of rotatable bonds is 5. The Hall–Kier alpha value is -2.17. The van der Waals surface area contributed by atoms with Gasteiger partial charge < -0.3 is 9.47 Å². The van der Waals surface area contributed by atoms with E-state index >= 15 is 0 Å². The lowest BCUT2D eigenvalue weighted by molar-refractivity contribution is -0.137. The highest BCUT2D eigenvalue weighted by molar-refractivity contribution is 5.81. The fourth-order valence-electron chi connectivity index (χ4n) is 3.03. The maximum atomic E-state index is 12.6. The van der Waals surface area contributed by atoms with Gasteiger partial charge in [0.1, 0.15) is 11.9 Å². The van der Waals surface area contributed by atoms with Crippen molar-refractivity contribution >= 4 is 5.91 Å². The number of aryl methyl sites for hydroxylation is 1. The predicted octanol–water partition coefficient (Wildman–Crippen LogP) is 2.38. The number of benzene rings is 1. The second kappa shape index (κ2) is 6.30. The van der Waals surface area contributed by atoms with Crippen molar-refractivity contribution in [3.63, 3.8) is 0 Å². The van der Waals surface area contributed by atoms with E-state index in [0.717, 1.165) is 37.5 Å². The molecular formula is C17H22N4O. The SMILES string of the molecule is CCCc1nnc2n1[C@@H](C)C(=O)N(CCc1ccccc1)C2. The lowest BCUT2D eigenvalue weighted by atomic mass is 10.1. The van der Waals surface area contributed by atoms with Gasteiger partial charge in [0, 0.05) is 13.0 Å². The molecule has 5 nitrogen and oxygen atoms in total. The standard InChI is InChI=1S/C17H22N4O/c1-3-7-15-18-19-16-12-20(17(22)13(2)21(15)16)11-10-14-8-5-4-6-9-14/h4-6,8-9,13H,3,7,10-12H2,1-2H3/t13-/m0/s1. The lowest BCUT2D eigenvalue weighted by Gasteiger charge is -2.32. The highest BCUT2D eigenvalue weighted by Crippen LogP contribution is 2.23. The average Bonchev–Trinajstić information content (AvgIpc) is 2.94. The molecule has 1 amide bonds. The zero-order valence-electron chi connectivity index (χ0n) is 13.2. The van der Waals surface area contributed by atoms with Gasteiger partial charge in [-0.2, -0.15) is 0 Å². The van der Waals surface area contributed by atoms with E-state index in [1.807, 2.05) is 34.6 Å². The predicted molar refractivity (Wildman–Crippen MR) is 84.3 cm³/mol. The van der Waals surface area contributed by atoms with Crippen LogP contribution in [-0.4, -0.2) is 32.1 Å². The quantitative estimate of drug-likeness (QED) is 0.851. The maximum absolute atomic E-state index is 12.6. The maximum Gasteiger partial charge on any atom is 0.245 e. The Balaban J connectivity index is 1.74. The number of aromatic nitrogens is 3. The minimum absolute atomic E-state index is 0.167. The van der Waals surface area contributed by atoms with Crippen molar-refractivity contribution in [2.45, 2.75) is 45.7 Å². The molecule has 0 spiro atoms. The first-order valence-electron chi connectivity index (χ1n) is 7.96. The van der Waals surface area contributed by atoms with Crippen LogP contribution < -0.4 is 0 Å². The summed E-state index contributed by atoms with van der Waals surface area (Å²) in [5, 5.41) is 8.54. The molecule has 1 aliphatic rings. The summed E-state index contributed by atoms with van der Waals surface area (Å²) >= 11 is 0. The topological polar surface area (TPSA) is 51.0 Å². The normalized spacial score (nSPS) is 17.6. The minimum atomic E-state index is -0.198. The number of amides is 1. The van der Waals surface area contributed by atoms with Crippen LogP contribution in [0.4, 0.5) is 0 Å². The molecule has 1 atom stereocenters. The molecule has 0 unspecified atom stereocenters. The lowest BCUT2D eigenvalue weighted by Crippen LogP contribution is -2.43. The third kappa shape index (κ3) is 2.75. The third-order valence-corrected chi connectivity index (χ3v) is 4.21. The van der Waals surface area contributed by atoms with Crippen molar-refractivity contribution in [2.75, 3.05) is 6.54 Å². The van der Waals surface area contributed by atoms with Gasteiger partial charge in [-0.25, -0.2) is 0 Å². The zero-order chi connectivity index (χ0) is 15.5. The molecule has 22 heavy (non-hydrogen) atoms. The van der Waals surface area contributed by atoms with Gasteiger partial charge in [-0.15, -0.1) is 10.2 Å². The van der Waals surface area contributed by atoms with E-state index in [1.54, 1.807) is 0 Å². The van der Waals surface area contributed by atoms with Crippen molar-refractivity contribution in [3.05, 3.63) is 47.5 Å². The molecule has 0 N–H and O–H groups in total. The van der Waals surface area contributed by atoms with Crippen LogP contribution >= 0.6 is 0 Å². The van der Waals surface area contributed by atoms with Crippen molar-refractivity contribution < 1.29 is 4.79 Å². The molecule has 0 saturated heterocycles. The van der Waals surface area contributed by atoms with Gasteiger partial charge in [0.15, 0.2) is 5.82 Å². The summed E-state index contributed by atoms with van der Waals surface area (Å²) in [5.41, 5.74) is 1.25. The van der Waals surface area contributed by atoms with E-state index in [2.05, 4.69) is 29.3 Å². The number of hydrogen-bond acceptors (Lipinski definition) is 3. The zero-order valence-corrected chi connectivity index (χ0v) is 13.2. The van der Waals surface area contributed by atoms with E-state index in [4.69, 9.17) is 0 Å². The minimum Gasteiger partial charge on any atom is -0.333 e. The first-order chi connectivity index (χ1) is 10.7. The molecule has 2 aromatic rings. The van der Waals surface area contributed by atoms with Crippen molar-refractivity contribution in [2.24, 2.45) is 0 Å². The Labute approximate surface area is 131 Å². The Bertz CT molecular complexity index is 650. The second-order valence-corrected chi connectivity index (χ2v) is 5.82. The summed E-state index contributed by atoms with van der Waals surface area (Å²) in [4.78, 5) is 14.5. The first-order valence-corrected chi connectivity index (χ1v) is 7.96. The third-order valence-electron chi connectivity index (χ3n) is 4.21. The van der Waals surface area contributed by atoms with E-state index in [9.17, 15) is 4.79 Å². The smallest absolute Gasteiger partial charge is 0.245 e. The summed E-state index contributed by atoms with van der Waals surface area (Å²) in [6, 6.07) is 10.1. The molecule has 116 valence electrons. The highest BCUT2D eigenvalue weighted by atomic mass is 16.2. The van der Waals surface area contributed by atoms with Crippen molar-refractivity contribution in [3.8, 4) is 0 Å². The molecule has 3 rings (SSSR count). The molecule has 0 aliphatic carbocycles. The van der Waals surface area contributed by atoms with Crippen LogP contribution in [-0.2, 0) is 24.2 Å². The molecule has 1 aromatic carbocycles. The Morgan fingerprint density at radius 3 is 2.68 bits per heavy atom. The Kier molecular flexibility index (Phi) is 4.22. The molecular weight excluding hydrogens is 276 g/mol. The van der Waals surface area contributed by atoms with Crippen LogP contribution in [0.15, 0.2) is 30.3 Å². The molecule has 0 bridgehead atoms. The molecule has 1 aliphatic heterocycles. The van der Waals surface area contributed by atoms with Gasteiger partial charge in [-0.1, -0.05) is 37.3 Å². The van der Waals surface area contributed by atoms with Gasteiger partial charge in [0.2, 0.25) is 5.91 Å². The van der Waals surface area contributed by atoms with Gasteiger partial charge in [-0.3, -0.25) is 4.79 Å². The number of carbonyl (C=O) groups excluding carboxylic acids is 1. The van der Waals surface area contributed by atoms with Crippen LogP contribution in [0.5, 0.6) is 0 Å². The van der Waals surface area contributed by atoms with Crippen molar-refractivity contribution in [1.82, 2.24) is 19.7 Å². The molecule has 2 heterocycles. The number of fused-ring (bicyclic) bond motifs is 1. The second-order valence-electron chi connectivity index (χ2n) is 5.82. The molecule has 1 aromatic heterocycles. The van der Waals surface area contributed by atoms with Gasteiger partial charge in [-0.05, 0) is 25.3 Å². The fourth-order valence-corrected chi connectivity index (χ4v) is 3.03. The number of nitrogens with zero attached hydrogens (tertiary/aromatic N) is 4. The van der Waals surface area contributed by atoms with E-state index in [1.165, 1.54) is 5.56 Å². The molecule has 0 radical (unpaired) electrons. The molecule has 0 saturated carbocycles. The van der Waals surface area contributed by atoms with Crippen LogP contribution in [0.25, 0.3) is 0 Å². The molecule has 5 heteroatoms. The average molecular weight is 298 g/mol. The van der Waals surface area contributed by atoms with Gasteiger partial charge in [0.05, 0.1) is 6.54 Å². The molecule has 0 fully saturated rings. The summed E-state index contributed by atoms with van der Waals surface area (Å²) in [7, 11) is 0. The van der Waals surface area contributed by atoms with E-state index in [-0.39, 0.29) is 11.9 Å². The fraction of sp³-hybridized carbons (Fsp3) is 0.471. The Morgan fingerprint density at radius 2 is 1.95 bits per heavy atom. The van der Waals surface area contributed by atoms with Crippen LogP contribution in [0.1, 0.15) is 43.5 Å². The van der Waals surface area contributed by atoms with Crippen LogP contribution in [0.3, 0.4) is 0 Å². The summed E-state index contributed by atoms with van der Waals surface area (Å²) < 4.78 is 2.02. The van der Waals surface area contributed by atoms with Gasteiger partial charge in [0.25, 0.3) is 0 Å². The van der Waals surface area contributed by atoms with Gasteiger partial charge >= 0.3 is 0 Å². The summed E-state index contributed by atoms with van der Waals surface area (Å²) in [5.74, 6) is 2.00. The summed E-state index contributed by atoms with van der Waals surface area (Å²) in [6.45, 7) is 5.35. The monoisotopic (exact) mass is 298 g/mol. The first kappa shape index (κ1) is 14.8. The number of hydrogen-bond donors (Lipinski definition) is 0. The largest absolute Gasteiger partial charge is 0.333 e. The van der Waals surface area contributed by atoms with Crippen LogP contribution in [0.2, 0.25) is 0 Å².